The molecular weight excluding hydrogens is 224 g/mol. The number of nitrogens with zero attached hydrogens (tertiary/aromatic N) is 1. The number of likely N-dealkylation sites (N-methyl/N-ethyl adjacent to an activating group) is 1. The van der Waals surface area contributed by atoms with Gasteiger partial charge in [0.25, 0.3) is 0 Å². The van der Waals surface area contributed by atoms with Crippen molar-refractivity contribution < 1.29 is 4.79 Å². The molecule has 0 aromatic rings. The molecule has 1 fully saturated rings. The molecule has 1 aliphatic rings. The molecule has 1 rings (SSSR count). The van der Waals surface area contributed by atoms with Gasteiger partial charge in [-0.1, -0.05) is 31.9 Å². The molecule has 0 aromatic carbocycles. The number of rotatable bonds is 3. The van der Waals surface area contributed by atoms with Crippen LogP contribution in [0.3, 0.4) is 0 Å². The van der Waals surface area contributed by atoms with Crippen LogP contribution in [0.2, 0.25) is 0 Å². The van der Waals surface area contributed by atoms with Crippen molar-refractivity contribution in [3.63, 3.8) is 0 Å². The summed E-state index contributed by atoms with van der Waals surface area (Å²) >= 11 is 0. The maximum absolute atomic E-state index is 12.1. The number of amides is 2. The van der Waals surface area contributed by atoms with E-state index in [0.29, 0.717) is 12.0 Å². The molecule has 0 aliphatic heterocycles. The van der Waals surface area contributed by atoms with E-state index in [1.54, 1.807) is 0 Å². The Morgan fingerprint density at radius 2 is 2.00 bits per heavy atom. The molecule has 3 heteroatoms. The first kappa shape index (κ1) is 15.1. The van der Waals surface area contributed by atoms with E-state index in [0.717, 1.165) is 12.8 Å². The highest BCUT2D eigenvalue weighted by atomic mass is 16.2. The normalized spacial score (nSPS) is 22.6. The molecule has 0 heterocycles. The van der Waals surface area contributed by atoms with Gasteiger partial charge in [-0.05, 0) is 39.0 Å². The number of carbonyl (C=O) groups is 1. The first-order valence-corrected chi connectivity index (χ1v) is 7.15. The molecule has 0 bridgehead atoms. The van der Waals surface area contributed by atoms with Crippen LogP contribution in [-0.4, -0.2) is 30.1 Å². The number of urea groups is 1. The van der Waals surface area contributed by atoms with Crippen molar-refractivity contribution in [3.8, 4) is 0 Å². The van der Waals surface area contributed by atoms with E-state index in [9.17, 15) is 4.79 Å². The Labute approximate surface area is 112 Å². The molecule has 1 N–H and O–H groups in total. The zero-order valence-electron chi connectivity index (χ0n) is 12.5. The van der Waals surface area contributed by atoms with E-state index >= 15 is 0 Å². The lowest BCUT2D eigenvalue weighted by Crippen LogP contribution is -2.47. The van der Waals surface area contributed by atoms with E-state index < -0.39 is 0 Å². The van der Waals surface area contributed by atoms with Gasteiger partial charge in [0.05, 0.1) is 6.04 Å². The van der Waals surface area contributed by atoms with Gasteiger partial charge in [0, 0.05) is 13.1 Å². The van der Waals surface area contributed by atoms with Crippen molar-refractivity contribution >= 4 is 6.03 Å². The van der Waals surface area contributed by atoms with Crippen LogP contribution in [0.5, 0.6) is 0 Å². The SMILES string of the molecule is CC(C)C=C1CCCC[C@H]1N(C)C(=O)NC(C)C. The van der Waals surface area contributed by atoms with Gasteiger partial charge in [-0.25, -0.2) is 4.79 Å². The Hall–Kier alpha value is -0.990. The highest BCUT2D eigenvalue weighted by molar-refractivity contribution is 5.75. The minimum absolute atomic E-state index is 0.0477. The van der Waals surface area contributed by atoms with Crippen molar-refractivity contribution in [2.45, 2.75) is 65.5 Å². The third-order valence-corrected chi connectivity index (χ3v) is 3.37. The summed E-state index contributed by atoms with van der Waals surface area (Å²) in [6, 6.07) is 0.535. The van der Waals surface area contributed by atoms with E-state index in [1.807, 2.05) is 25.8 Å². The largest absolute Gasteiger partial charge is 0.336 e. The summed E-state index contributed by atoms with van der Waals surface area (Å²) in [5.41, 5.74) is 1.44. The lowest BCUT2D eigenvalue weighted by Gasteiger charge is -2.34. The van der Waals surface area contributed by atoms with Crippen molar-refractivity contribution in [1.29, 1.82) is 0 Å². The second kappa shape index (κ2) is 6.81. The molecule has 0 aromatic heterocycles. The fourth-order valence-electron chi connectivity index (χ4n) is 2.57. The maximum atomic E-state index is 12.1. The minimum atomic E-state index is 0.0477. The fraction of sp³-hybridized carbons (Fsp3) is 0.800. The van der Waals surface area contributed by atoms with Gasteiger partial charge in [-0.15, -0.1) is 0 Å². The first-order chi connectivity index (χ1) is 8.41. The third-order valence-electron chi connectivity index (χ3n) is 3.37. The summed E-state index contributed by atoms with van der Waals surface area (Å²) in [6.45, 7) is 8.40. The molecule has 1 saturated carbocycles. The first-order valence-electron chi connectivity index (χ1n) is 7.15. The Morgan fingerprint density at radius 1 is 1.33 bits per heavy atom. The van der Waals surface area contributed by atoms with Crippen LogP contribution in [0, 0.1) is 5.92 Å². The number of hydrogen-bond donors (Lipinski definition) is 1. The lowest BCUT2D eigenvalue weighted by atomic mass is 9.87. The Bertz CT molecular complexity index is 308. The van der Waals surface area contributed by atoms with Crippen LogP contribution >= 0.6 is 0 Å². The van der Waals surface area contributed by atoms with Crippen LogP contribution in [0.25, 0.3) is 0 Å². The highest BCUT2D eigenvalue weighted by Gasteiger charge is 2.26. The van der Waals surface area contributed by atoms with E-state index in [-0.39, 0.29) is 12.1 Å². The molecule has 0 unspecified atom stereocenters. The number of nitrogens with one attached hydrogen (secondary N) is 1. The summed E-state index contributed by atoms with van der Waals surface area (Å²) in [7, 11) is 1.92. The smallest absolute Gasteiger partial charge is 0.317 e. The number of hydrogen-bond acceptors (Lipinski definition) is 1. The van der Waals surface area contributed by atoms with Crippen LogP contribution < -0.4 is 5.32 Å². The zero-order chi connectivity index (χ0) is 13.7. The van der Waals surface area contributed by atoms with Crippen molar-refractivity contribution in [3.05, 3.63) is 11.6 Å². The molecule has 2 amide bonds. The summed E-state index contributed by atoms with van der Waals surface area (Å²) < 4.78 is 0. The number of allylic oxidation sites excluding steroid dienone is 1. The molecule has 1 atom stereocenters. The molecule has 0 radical (unpaired) electrons. The monoisotopic (exact) mass is 252 g/mol. The van der Waals surface area contributed by atoms with Gasteiger partial charge in [0.1, 0.15) is 0 Å². The molecular formula is C15H28N2O. The number of carbonyl (C=O) groups excluding carboxylic acids is 1. The van der Waals surface area contributed by atoms with Gasteiger partial charge in [0.15, 0.2) is 0 Å². The predicted molar refractivity (Wildman–Crippen MR) is 76.6 cm³/mol. The van der Waals surface area contributed by atoms with Crippen LogP contribution in [0.15, 0.2) is 11.6 Å². The average molecular weight is 252 g/mol. The van der Waals surface area contributed by atoms with Crippen molar-refractivity contribution in [1.82, 2.24) is 10.2 Å². The van der Waals surface area contributed by atoms with E-state index in [4.69, 9.17) is 0 Å². The zero-order valence-corrected chi connectivity index (χ0v) is 12.5. The van der Waals surface area contributed by atoms with Gasteiger partial charge in [-0.2, -0.15) is 0 Å². The molecule has 104 valence electrons. The van der Waals surface area contributed by atoms with Gasteiger partial charge < -0.3 is 10.2 Å². The average Bonchev–Trinajstić information content (AvgIpc) is 2.27. The van der Waals surface area contributed by atoms with Crippen molar-refractivity contribution in [2.24, 2.45) is 5.92 Å². The minimum Gasteiger partial charge on any atom is -0.336 e. The highest BCUT2D eigenvalue weighted by Crippen LogP contribution is 2.28. The summed E-state index contributed by atoms with van der Waals surface area (Å²) in [5.74, 6) is 0.558. The standard InChI is InChI=1S/C15H28N2O/c1-11(2)10-13-8-6-7-9-14(13)17(5)15(18)16-12(3)4/h10-12,14H,6-9H2,1-5H3,(H,16,18)/t14-/m1/s1. The van der Waals surface area contributed by atoms with Gasteiger partial charge >= 0.3 is 6.03 Å². The molecule has 18 heavy (non-hydrogen) atoms. The summed E-state index contributed by atoms with van der Waals surface area (Å²) in [4.78, 5) is 14.0. The fourth-order valence-corrected chi connectivity index (χ4v) is 2.57. The molecule has 3 nitrogen and oxygen atoms in total. The summed E-state index contributed by atoms with van der Waals surface area (Å²) in [6.07, 6.45) is 7.06. The quantitative estimate of drug-likeness (QED) is 0.765. The van der Waals surface area contributed by atoms with E-state index in [2.05, 4.69) is 25.2 Å². The molecule has 0 saturated heterocycles. The van der Waals surface area contributed by atoms with Crippen molar-refractivity contribution in [2.75, 3.05) is 7.05 Å². The topological polar surface area (TPSA) is 32.3 Å². The van der Waals surface area contributed by atoms with Crippen LogP contribution in [0.1, 0.15) is 53.4 Å². The van der Waals surface area contributed by atoms with Crippen LogP contribution in [0.4, 0.5) is 4.79 Å². The molecule has 0 spiro atoms. The Morgan fingerprint density at radius 3 is 2.56 bits per heavy atom. The second-order valence-corrected chi connectivity index (χ2v) is 5.96. The summed E-state index contributed by atoms with van der Waals surface area (Å²) in [5, 5.41) is 2.97. The Balaban J connectivity index is 2.74. The third kappa shape index (κ3) is 4.35. The van der Waals surface area contributed by atoms with E-state index in [1.165, 1.54) is 18.4 Å². The Kier molecular flexibility index (Phi) is 5.70. The van der Waals surface area contributed by atoms with Gasteiger partial charge in [0.2, 0.25) is 0 Å². The molecule has 1 aliphatic carbocycles. The maximum Gasteiger partial charge on any atom is 0.317 e. The lowest BCUT2D eigenvalue weighted by molar-refractivity contribution is 0.187. The van der Waals surface area contributed by atoms with Crippen LogP contribution in [-0.2, 0) is 0 Å². The van der Waals surface area contributed by atoms with Gasteiger partial charge in [-0.3, -0.25) is 0 Å². The predicted octanol–water partition coefficient (Wildman–Crippen LogP) is 3.56. The second-order valence-electron chi connectivity index (χ2n) is 5.96.